The molecule has 1 aromatic rings. The van der Waals surface area contributed by atoms with E-state index in [1.54, 1.807) is 19.3 Å². The summed E-state index contributed by atoms with van der Waals surface area (Å²) in [5.74, 6) is 0.113. The molecule has 0 bridgehead atoms. The maximum Gasteiger partial charge on any atom is 0.333 e. The molecule has 1 aliphatic heterocycles. The minimum absolute atomic E-state index is 0.0472. The van der Waals surface area contributed by atoms with Gasteiger partial charge in [-0.05, 0) is 26.3 Å². The van der Waals surface area contributed by atoms with E-state index in [1.807, 2.05) is 13.8 Å². The molecule has 0 N–H and O–H groups in total. The first-order chi connectivity index (χ1) is 13.2. The molecule has 1 saturated carbocycles. The summed E-state index contributed by atoms with van der Waals surface area (Å²) in [5.41, 5.74) is 1.49. The Morgan fingerprint density at radius 2 is 2.00 bits per heavy atom. The molecule has 0 unspecified atom stereocenters. The van der Waals surface area contributed by atoms with Crippen molar-refractivity contribution in [1.29, 1.82) is 0 Å². The van der Waals surface area contributed by atoms with Crippen LogP contribution < -0.4 is 0 Å². The molecule has 1 aromatic heterocycles. The van der Waals surface area contributed by atoms with Crippen LogP contribution in [-0.4, -0.2) is 29.7 Å². The summed E-state index contributed by atoms with van der Waals surface area (Å²) in [6.45, 7) is 11.1. The van der Waals surface area contributed by atoms with Gasteiger partial charge in [0, 0.05) is 42.2 Å². The normalized spacial score (nSPS) is 38.7. The highest BCUT2D eigenvalue weighted by Gasteiger charge is 2.78. The molecule has 0 amide bonds. The largest absolute Gasteiger partial charge is 0.469 e. The lowest BCUT2D eigenvalue weighted by Crippen LogP contribution is -2.58. The van der Waals surface area contributed by atoms with Gasteiger partial charge >= 0.3 is 11.9 Å². The quantitative estimate of drug-likeness (QED) is 0.445. The molecule has 6 heteroatoms. The van der Waals surface area contributed by atoms with Gasteiger partial charge in [-0.25, -0.2) is 4.79 Å². The molecule has 0 aromatic carbocycles. The van der Waals surface area contributed by atoms with E-state index < -0.39 is 17.1 Å². The van der Waals surface area contributed by atoms with Crippen LogP contribution in [0.3, 0.4) is 0 Å². The standard InChI is InChI=1S/C22H28O6/c1-7-11(2)20(24)27-15-8-17-22(28-17)9-16-18(12(3)10-25-16)19(26-14(5)23)21(22,6)13(15)4/h7,10,13,15,17,19H,8-9H2,1-6H3/t13-,15+,17+,19+,21-,22+/m0/s1. The molecule has 0 radical (unpaired) electrons. The molecule has 28 heavy (non-hydrogen) atoms. The lowest BCUT2D eigenvalue weighted by Gasteiger charge is -2.52. The van der Waals surface area contributed by atoms with Crippen molar-refractivity contribution in [3.05, 3.63) is 34.8 Å². The molecule has 3 aliphatic rings. The van der Waals surface area contributed by atoms with Gasteiger partial charge in [-0.2, -0.15) is 0 Å². The molecule has 1 saturated heterocycles. The third-order valence-corrected chi connectivity index (χ3v) is 7.31. The van der Waals surface area contributed by atoms with Crippen molar-refractivity contribution in [2.24, 2.45) is 11.3 Å². The van der Waals surface area contributed by atoms with Gasteiger partial charge in [0.05, 0.1) is 12.4 Å². The van der Waals surface area contributed by atoms with Gasteiger partial charge in [-0.15, -0.1) is 0 Å². The Bertz CT molecular complexity index is 866. The molecule has 4 rings (SSSR count). The van der Waals surface area contributed by atoms with Gasteiger partial charge in [0.1, 0.15) is 23.6 Å². The number of aryl methyl sites for hydroxylation is 1. The summed E-state index contributed by atoms with van der Waals surface area (Å²) in [5, 5.41) is 0. The predicted octanol–water partition coefficient (Wildman–Crippen LogP) is 3.81. The second-order valence-electron chi connectivity index (χ2n) is 8.64. The van der Waals surface area contributed by atoms with Crippen LogP contribution in [0.25, 0.3) is 0 Å². The SMILES string of the molecule is CC=C(C)C(=O)O[C@@H]1C[C@H]2O[C@]23Cc2occ(C)c2[C@@H](OC(C)=O)[C@]3(C)[C@H]1C. The molecule has 2 heterocycles. The van der Waals surface area contributed by atoms with E-state index in [1.165, 1.54) is 6.92 Å². The smallest absolute Gasteiger partial charge is 0.333 e. The number of carbonyl (C=O) groups excluding carboxylic acids is 2. The van der Waals surface area contributed by atoms with Gasteiger partial charge in [-0.3, -0.25) is 4.79 Å². The number of fused-ring (bicyclic) bond motifs is 1. The maximum atomic E-state index is 12.4. The molecule has 2 aliphatic carbocycles. The van der Waals surface area contributed by atoms with Crippen molar-refractivity contribution >= 4 is 11.9 Å². The second-order valence-corrected chi connectivity index (χ2v) is 8.64. The Morgan fingerprint density at radius 3 is 2.64 bits per heavy atom. The topological polar surface area (TPSA) is 78.3 Å². The summed E-state index contributed by atoms with van der Waals surface area (Å²) in [4.78, 5) is 24.4. The molecule has 6 nitrogen and oxygen atoms in total. The molecular formula is C22H28O6. The minimum atomic E-state index is -0.530. The Labute approximate surface area is 165 Å². The number of ether oxygens (including phenoxy) is 3. The van der Waals surface area contributed by atoms with Gasteiger partial charge in [0.15, 0.2) is 0 Å². The molecule has 6 atom stereocenters. The van der Waals surface area contributed by atoms with Crippen LogP contribution in [0.1, 0.15) is 64.0 Å². The number of rotatable bonds is 3. The number of furan rings is 1. The average Bonchev–Trinajstić information content (AvgIpc) is 3.22. The highest BCUT2D eigenvalue weighted by Crippen LogP contribution is 2.70. The zero-order valence-electron chi connectivity index (χ0n) is 17.3. The number of allylic oxidation sites excluding steroid dienone is 1. The highest BCUT2D eigenvalue weighted by atomic mass is 16.6. The van der Waals surface area contributed by atoms with E-state index in [2.05, 4.69) is 13.8 Å². The Morgan fingerprint density at radius 1 is 1.29 bits per heavy atom. The zero-order valence-corrected chi connectivity index (χ0v) is 17.3. The van der Waals surface area contributed by atoms with Crippen LogP contribution >= 0.6 is 0 Å². The van der Waals surface area contributed by atoms with Crippen molar-refractivity contribution in [2.45, 2.75) is 78.3 Å². The summed E-state index contributed by atoms with van der Waals surface area (Å²) in [7, 11) is 0. The van der Waals surface area contributed by atoms with Crippen LogP contribution in [0.4, 0.5) is 0 Å². The van der Waals surface area contributed by atoms with Gasteiger partial charge < -0.3 is 18.6 Å². The summed E-state index contributed by atoms with van der Waals surface area (Å²) in [6.07, 6.45) is 3.90. The number of hydrogen-bond acceptors (Lipinski definition) is 6. The molecular weight excluding hydrogens is 360 g/mol. The van der Waals surface area contributed by atoms with Crippen LogP contribution in [0.5, 0.6) is 0 Å². The van der Waals surface area contributed by atoms with E-state index in [-0.39, 0.29) is 30.1 Å². The first kappa shape index (κ1) is 19.2. The minimum Gasteiger partial charge on any atom is -0.469 e. The van der Waals surface area contributed by atoms with Crippen molar-refractivity contribution in [1.82, 2.24) is 0 Å². The summed E-state index contributed by atoms with van der Waals surface area (Å²) in [6, 6.07) is 0. The van der Waals surface area contributed by atoms with Crippen molar-refractivity contribution in [3.63, 3.8) is 0 Å². The first-order valence-corrected chi connectivity index (χ1v) is 9.91. The first-order valence-electron chi connectivity index (χ1n) is 9.91. The van der Waals surface area contributed by atoms with E-state index in [4.69, 9.17) is 18.6 Å². The second kappa shape index (κ2) is 6.21. The van der Waals surface area contributed by atoms with E-state index >= 15 is 0 Å². The Hall–Kier alpha value is -2.08. The number of carbonyl (C=O) groups is 2. The fourth-order valence-electron chi connectivity index (χ4n) is 5.31. The van der Waals surface area contributed by atoms with Crippen LogP contribution in [0.15, 0.2) is 22.3 Å². The van der Waals surface area contributed by atoms with Crippen LogP contribution in [0.2, 0.25) is 0 Å². The van der Waals surface area contributed by atoms with Gasteiger partial charge in [0.25, 0.3) is 0 Å². The monoisotopic (exact) mass is 388 g/mol. The van der Waals surface area contributed by atoms with Crippen LogP contribution in [0, 0.1) is 18.3 Å². The molecule has 2 fully saturated rings. The highest BCUT2D eigenvalue weighted by molar-refractivity contribution is 5.87. The third-order valence-electron chi connectivity index (χ3n) is 7.31. The van der Waals surface area contributed by atoms with Crippen molar-refractivity contribution in [3.8, 4) is 0 Å². The van der Waals surface area contributed by atoms with Crippen molar-refractivity contribution < 1.29 is 28.2 Å². The Kier molecular flexibility index (Phi) is 4.27. The van der Waals surface area contributed by atoms with E-state index in [0.717, 1.165) is 16.9 Å². The number of epoxide rings is 1. The third kappa shape index (κ3) is 2.43. The fraction of sp³-hybridized carbons (Fsp3) is 0.636. The predicted molar refractivity (Wildman–Crippen MR) is 100 cm³/mol. The van der Waals surface area contributed by atoms with Crippen LogP contribution in [-0.2, 0) is 30.2 Å². The fourth-order valence-corrected chi connectivity index (χ4v) is 5.31. The lowest BCUT2D eigenvalue weighted by atomic mass is 9.53. The lowest BCUT2D eigenvalue weighted by molar-refractivity contribution is -0.180. The Balaban J connectivity index is 1.76. The molecule has 1 spiro atoms. The van der Waals surface area contributed by atoms with Crippen molar-refractivity contribution in [2.75, 3.05) is 0 Å². The summed E-state index contributed by atoms with van der Waals surface area (Å²) < 4.78 is 23.8. The number of hydrogen-bond donors (Lipinski definition) is 0. The van der Waals surface area contributed by atoms with Gasteiger partial charge in [-0.1, -0.05) is 19.9 Å². The molecule has 152 valence electrons. The number of esters is 2. The van der Waals surface area contributed by atoms with Gasteiger partial charge in [0.2, 0.25) is 0 Å². The van der Waals surface area contributed by atoms with E-state index in [0.29, 0.717) is 18.4 Å². The average molecular weight is 388 g/mol. The maximum absolute atomic E-state index is 12.4. The van der Waals surface area contributed by atoms with E-state index in [9.17, 15) is 9.59 Å². The summed E-state index contributed by atoms with van der Waals surface area (Å²) >= 11 is 0. The zero-order chi connectivity index (χ0) is 20.4.